The van der Waals surface area contributed by atoms with Crippen LogP contribution in [-0.4, -0.2) is 33.6 Å². The van der Waals surface area contributed by atoms with Crippen LogP contribution in [0, 0.1) is 5.92 Å². The molecule has 1 amide bonds. The summed E-state index contributed by atoms with van der Waals surface area (Å²) in [6, 6.07) is 3.17. The standard InChI is InChI=1S/C15H18N4O3/c1-22-14(21)11-6-7-19-12(9-11)16-15(18-19)17-13(20)8-10-4-2-3-5-10/h6-7,9-10H,2-5,8H2,1H3,(H,17,18,20). The van der Waals surface area contributed by atoms with Gasteiger partial charge in [0, 0.05) is 12.6 Å². The number of fused-ring (bicyclic) bond motifs is 1. The van der Waals surface area contributed by atoms with Crippen LogP contribution in [0.1, 0.15) is 42.5 Å². The van der Waals surface area contributed by atoms with Gasteiger partial charge in [0.15, 0.2) is 5.65 Å². The molecule has 22 heavy (non-hydrogen) atoms. The molecule has 1 saturated carbocycles. The summed E-state index contributed by atoms with van der Waals surface area (Å²) in [7, 11) is 1.32. The van der Waals surface area contributed by atoms with Gasteiger partial charge in [-0.2, -0.15) is 4.98 Å². The molecule has 2 aromatic heterocycles. The molecular weight excluding hydrogens is 284 g/mol. The summed E-state index contributed by atoms with van der Waals surface area (Å²) < 4.78 is 6.18. The Morgan fingerprint density at radius 3 is 2.91 bits per heavy atom. The highest BCUT2D eigenvalue weighted by Gasteiger charge is 2.19. The summed E-state index contributed by atoms with van der Waals surface area (Å²) in [6.45, 7) is 0. The highest BCUT2D eigenvalue weighted by atomic mass is 16.5. The normalized spacial score (nSPS) is 15.1. The minimum absolute atomic E-state index is 0.0593. The maximum absolute atomic E-state index is 12.0. The van der Waals surface area contributed by atoms with E-state index < -0.39 is 5.97 Å². The summed E-state index contributed by atoms with van der Waals surface area (Å²) >= 11 is 0. The maximum Gasteiger partial charge on any atom is 0.338 e. The lowest BCUT2D eigenvalue weighted by molar-refractivity contribution is -0.117. The van der Waals surface area contributed by atoms with Crippen LogP contribution < -0.4 is 5.32 Å². The molecule has 7 heteroatoms. The zero-order valence-corrected chi connectivity index (χ0v) is 12.4. The number of carbonyl (C=O) groups excluding carboxylic acids is 2. The number of hydrogen-bond acceptors (Lipinski definition) is 5. The molecule has 7 nitrogen and oxygen atoms in total. The van der Waals surface area contributed by atoms with Gasteiger partial charge in [-0.1, -0.05) is 12.8 Å². The Balaban J connectivity index is 1.71. The van der Waals surface area contributed by atoms with E-state index in [1.165, 1.54) is 24.5 Å². The number of aromatic nitrogens is 3. The molecule has 1 aliphatic carbocycles. The number of esters is 1. The number of ether oxygens (including phenoxy) is 1. The Bertz CT molecular complexity index is 704. The van der Waals surface area contributed by atoms with Crippen molar-refractivity contribution in [3.05, 3.63) is 23.9 Å². The summed E-state index contributed by atoms with van der Waals surface area (Å²) in [5, 5.41) is 6.90. The zero-order chi connectivity index (χ0) is 15.5. The molecule has 0 aromatic carbocycles. The molecule has 0 atom stereocenters. The summed E-state index contributed by atoms with van der Waals surface area (Å²) in [5.41, 5.74) is 0.880. The second-order valence-corrected chi connectivity index (χ2v) is 5.55. The van der Waals surface area contributed by atoms with Crippen molar-refractivity contribution in [2.45, 2.75) is 32.1 Å². The van der Waals surface area contributed by atoms with Gasteiger partial charge in [0.2, 0.25) is 11.9 Å². The second kappa shape index (κ2) is 6.13. The van der Waals surface area contributed by atoms with E-state index in [1.54, 1.807) is 18.3 Å². The van der Waals surface area contributed by atoms with Gasteiger partial charge in [-0.15, -0.1) is 5.10 Å². The summed E-state index contributed by atoms with van der Waals surface area (Å²) in [5.74, 6) is 0.237. The second-order valence-electron chi connectivity index (χ2n) is 5.55. The predicted molar refractivity (Wildman–Crippen MR) is 79.5 cm³/mol. The quantitative estimate of drug-likeness (QED) is 0.873. The fourth-order valence-corrected chi connectivity index (χ4v) is 2.83. The van der Waals surface area contributed by atoms with Crippen LogP contribution >= 0.6 is 0 Å². The van der Waals surface area contributed by atoms with Crippen LogP contribution in [0.2, 0.25) is 0 Å². The number of methoxy groups -OCH3 is 1. The van der Waals surface area contributed by atoms with Crippen molar-refractivity contribution < 1.29 is 14.3 Å². The summed E-state index contributed by atoms with van der Waals surface area (Å²) in [6.07, 6.45) is 6.79. The molecule has 0 spiro atoms. The molecule has 3 rings (SSSR count). The molecule has 0 unspecified atom stereocenters. The zero-order valence-electron chi connectivity index (χ0n) is 12.4. The van der Waals surface area contributed by atoms with Crippen molar-refractivity contribution in [3.63, 3.8) is 0 Å². The van der Waals surface area contributed by atoms with E-state index in [9.17, 15) is 9.59 Å². The number of amides is 1. The third-order valence-electron chi connectivity index (χ3n) is 3.96. The van der Waals surface area contributed by atoms with E-state index >= 15 is 0 Å². The van der Waals surface area contributed by atoms with Crippen LogP contribution in [0.25, 0.3) is 5.65 Å². The predicted octanol–water partition coefficient (Wildman–Crippen LogP) is 2.03. The van der Waals surface area contributed by atoms with Gasteiger partial charge in [-0.05, 0) is 30.9 Å². The smallest absolute Gasteiger partial charge is 0.338 e. The molecule has 1 fully saturated rings. The lowest BCUT2D eigenvalue weighted by Gasteiger charge is -2.06. The van der Waals surface area contributed by atoms with E-state index in [2.05, 4.69) is 20.1 Å². The van der Waals surface area contributed by atoms with Crippen LogP contribution in [0.5, 0.6) is 0 Å². The van der Waals surface area contributed by atoms with Crippen LogP contribution in [0.3, 0.4) is 0 Å². The molecule has 1 aliphatic rings. The third-order valence-corrected chi connectivity index (χ3v) is 3.96. The van der Waals surface area contributed by atoms with E-state index in [0.29, 0.717) is 23.5 Å². The van der Waals surface area contributed by atoms with E-state index in [0.717, 1.165) is 12.8 Å². The maximum atomic E-state index is 12.0. The monoisotopic (exact) mass is 302 g/mol. The highest BCUT2D eigenvalue weighted by Crippen LogP contribution is 2.27. The fourth-order valence-electron chi connectivity index (χ4n) is 2.83. The lowest BCUT2D eigenvalue weighted by Crippen LogP contribution is -2.16. The van der Waals surface area contributed by atoms with Crippen LogP contribution in [-0.2, 0) is 9.53 Å². The van der Waals surface area contributed by atoms with E-state index in [-0.39, 0.29) is 11.9 Å². The minimum atomic E-state index is -0.433. The average molecular weight is 302 g/mol. The van der Waals surface area contributed by atoms with Crippen molar-refractivity contribution in [2.24, 2.45) is 5.92 Å². The molecule has 0 aliphatic heterocycles. The van der Waals surface area contributed by atoms with Gasteiger partial charge in [0.05, 0.1) is 12.7 Å². The number of nitrogens with one attached hydrogen (secondary N) is 1. The molecule has 2 heterocycles. The first-order chi connectivity index (χ1) is 10.7. The SMILES string of the molecule is COC(=O)c1ccn2nc(NC(=O)CC3CCCC3)nc2c1. The molecular formula is C15H18N4O3. The average Bonchev–Trinajstić information content (AvgIpc) is 3.14. The van der Waals surface area contributed by atoms with Gasteiger partial charge in [0.1, 0.15) is 0 Å². The van der Waals surface area contributed by atoms with Crippen molar-refractivity contribution in [1.29, 1.82) is 0 Å². The molecule has 2 aromatic rings. The molecule has 0 radical (unpaired) electrons. The number of anilines is 1. The number of hydrogen-bond donors (Lipinski definition) is 1. The Morgan fingerprint density at radius 1 is 1.41 bits per heavy atom. The number of carbonyl (C=O) groups is 2. The molecule has 1 N–H and O–H groups in total. The van der Waals surface area contributed by atoms with Gasteiger partial charge < -0.3 is 4.74 Å². The first kappa shape index (κ1) is 14.5. The number of pyridine rings is 1. The first-order valence-corrected chi connectivity index (χ1v) is 7.40. The molecule has 0 bridgehead atoms. The minimum Gasteiger partial charge on any atom is -0.465 e. The Hall–Kier alpha value is -2.44. The van der Waals surface area contributed by atoms with Crippen molar-refractivity contribution in [3.8, 4) is 0 Å². The van der Waals surface area contributed by atoms with E-state index in [4.69, 9.17) is 0 Å². The third kappa shape index (κ3) is 3.08. The van der Waals surface area contributed by atoms with Crippen molar-refractivity contribution in [2.75, 3.05) is 12.4 Å². The fraction of sp³-hybridized carbons (Fsp3) is 0.467. The Labute approximate surface area is 127 Å². The van der Waals surface area contributed by atoms with Crippen LogP contribution in [0.15, 0.2) is 18.3 Å². The Morgan fingerprint density at radius 2 is 2.18 bits per heavy atom. The van der Waals surface area contributed by atoms with Crippen LogP contribution in [0.4, 0.5) is 5.95 Å². The number of rotatable bonds is 4. The first-order valence-electron chi connectivity index (χ1n) is 7.40. The van der Waals surface area contributed by atoms with Gasteiger partial charge >= 0.3 is 5.97 Å². The lowest BCUT2D eigenvalue weighted by atomic mass is 10.0. The van der Waals surface area contributed by atoms with Gasteiger partial charge in [-0.3, -0.25) is 10.1 Å². The molecule has 0 saturated heterocycles. The van der Waals surface area contributed by atoms with E-state index in [1.807, 2.05) is 0 Å². The van der Waals surface area contributed by atoms with Crippen molar-refractivity contribution >= 4 is 23.5 Å². The Kier molecular flexibility index (Phi) is 4.04. The largest absolute Gasteiger partial charge is 0.465 e. The van der Waals surface area contributed by atoms with Crippen molar-refractivity contribution in [1.82, 2.24) is 14.6 Å². The van der Waals surface area contributed by atoms with Gasteiger partial charge in [0.25, 0.3) is 0 Å². The summed E-state index contributed by atoms with van der Waals surface area (Å²) in [4.78, 5) is 27.7. The number of nitrogens with zero attached hydrogens (tertiary/aromatic N) is 3. The van der Waals surface area contributed by atoms with Gasteiger partial charge in [-0.25, -0.2) is 9.31 Å². The topological polar surface area (TPSA) is 85.6 Å². The highest BCUT2D eigenvalue weighted by molar-refractivity contribution is 5.91. The molecule has 116 valence electrons.